The fourth-order valence-electron chi connectivity index (χ4n) is 4.21. The third-order valence-corrected chi connectivity index (χ3v) is 5.86. The first-order valence-electron chi connectivity index (χ1n) is 11.8. The number of carbonyl (C=O) groups is 2. The molecule has 1 atom stereocenters. The molecule has 0 N–H and O–H groups in total. The van der Waals surface area contributed by atoms with Gasteiger partial charge in [-0.1, -0.05) is 0 Å². The van der Waals surface area contributed by atoms with E-state index in [1.54, 1.807) is 17.3 Å². The van der Waals surface area contributed by atoms with Gasteiger partial charge >= 0.3 is 6.09 Å². The molecule has 3 rings (SSSR count). The highest BCUT2D eigenvalue weighted by atomic mass is 16.6. The minimum Gasteiger partial charge on any atom is -0.444 e. The molecule has 32 heavy (non-hydrogen) atoms. The average molecular weight is 447 g/mol. The number of ether oxygens (including phenoxy) is 2. The van der Waals surface area contributed by atoms with E-state index in [1.807, 2.05) is 37.8 Å². The fourth-order valence-corrected chi connectivity index (χ4v) is 4.21. The van der Waals surface area contributed by atoms with E-state index < -0.39 is 5.60 Å². The second kappa shape index (κ2) is 11.6. The van der Waals surface area contributed by atoms with Gasteiger partial charge in [-0.3, -0.25) is 14.7 Å². The van der Waals surface area contributed by atoms with Gasteiger partial charge in [0, 0.05) is 58.2 Å². The number of rotatable bonds is 7. The van der Waals surface area contributed by atoms with Gasteiger partial charge in [0.05, 0.1) is 19.1 Å². The van der Waals surface area contributed by atoms with Crippen LogP contribution in [0.15, 0.2) is 24.5 Å². The van der Waals surface area contributed by atoms with Crippen LogP contribution in [0, 0.1) is 5.92 Å². The Morgan fingerprint density at radius 2 is 1.91 bits per heavy atom. The molecule has 8 nitrogen and oxygen atoms in total. The van der Waals surface area contributed by atoms with E-state index in [0.29, 0.717) is 26.2 Å². The molecule has 178 valence electrons. The molecular weight excluding hydrogens is 408 g/mol. The normalized spacial score (nSPS) is 20.1. The summed E-state index contributed by atoms with van der Waals surface area (Å²) < 4.78 is 11.0. The van der Waals surface area contributed by atoms with Crippen molar-refractivity contribution in [1.82, 2.24) is 19.7 Å². The van der Waals surface area contributed by atoms with E-state index in [1.165, 1.54) is 0 Å². The van der Waals surface area contributed by atoms with Gasteiger partial charge in [-0.25, -0.2) is 4.79 Å². The SMILES string of the molecule is CC(C)(C)OC(=O)N1CCCC(C(=O)N(CCCN2CCOCC2)Cc2ccncc2)C1. The maximum atomic E-state index is 13.5. The largest absolute Gasteiger partial charge is 0.444 e. The van der Waals surface area contributed by atoms with Gasteiger partial charge < -0.3 is 19.3 Å². The van der Waals surface area contributed by atoms with Gasteiger partial charge in [-0.2, -0.15) is 0 Å². The Bertz CT molecular complexity index is 731. The van der Waals surface area contributed by atoms with Crippen molar-refractivity contribution in [2.24, 2.45) is 5.92 Å². The number of likely N-dealkylation sites (tertiary alicyclic amines) is 1. The van der Waals surface area contributed by atoms with Crippen molar-refractivity contribution in [1.29, 1.82) is 0 Å². The summed E-state index contributed by atoms with van der Waals surface area (Å²) >= 11 is 0. The van der Waals surface area contributed by atoms with E-state index in [2.05, 4.69) is 9.88 Å². The lowest BCUT2D eigenvalue weighted by atomic mass is 9.96. The summed E-state index contributed by atoms with van der Waals surface area (Å²) in [4.78, 5) is 36.2. The van der Waals surface area contributed by atoms with E-state index in [4.69, 9.17) is 9.47 Å². The van der Waals surface area contributed by atoms with Crippen LogP contribution in [-0.2, 0) is 20.8 Å². The van der Waals surface area contributed by atoms with E-state index in [-0.39, 0.29) is 17.9 Å². The molecule has 0 saturated carbocycles. The summed E-state index contributed by atoms with van der Waals surface area (Å²) in [5.74, 6) is -0.0708. The van der Waals surface area contributed by atoms with Gasteiger partial charge in [0.15, 0.2) is 0 Å². The van der Waals surface area contributed by atoms with Crippen molar-refractivity contribution in [2.45, 2.75) is 52.2 Å². The standard InChI is InChI=1S/C24H38N4O4/c1-24(2,3)32-23(30)28-12-4-6-21(19-28)22(29)27(18-20-7-9-25-10-8-20)13-5-11-26-14-16-31-17-15-26/h7-10,21H,4-6,11-19H2,1-3H3. The fraction of sp³-hybridized carbons (Fsp3) is 0.708. The minimum atomic E-state index is -0.541. The smallest absolute Gasteiger partial charge is 0.410 e. The number of hydrogen-bond donors (Lipinski definition) is 0. The summed E-state index contributed by atoms with van der Waals surface area (Å²) in [7, 11) is 0. The molecule has 0 aromatic carbocycles. The molecule has 0 bridgehead atoms. The van der Waals surface area contributed by atoms with Crippen LogP contribution in [-0.4, -0.2) is 89.8 Å². The molecule has 0 spiro atoms. The van der Waals surface area contributed by atoms with E-state index in [9.17, 15) is 9.59 Å². The van der Waals surface area contributed by atoms with Crippen LogP contribution in [0.25, 0.3) is 0 Å². The van der Waals surface area contributed by atoms with Crippen LogP contribution in [0.4, 0.5) is 4.79 Å². The number of hydrogen-bond acceptors (Lipinski definition) is 6. The molecule has 8 heteroatoms. The minimum absolute atomic E-state index is 0.122. The molecule has 2 aliphatic rings. The highest BCUT2D eigenvalue weighted by Gasteiger charge is 2.33. The quantitative estimate of drug-likeness (QED) is 0.641. The first-order chi connectivity index (χ1) is 15.3. The Hall–Kier alpha value is -2.19. The van der Waals surface area contributed by atoms with Crippen LogP contribution in [0.3, 0.4) is 0 Å². The number of nitrogens with zero attached hydrogens (tertiary/aromatic N) is 4. The zero-order valence-electron chi connectivity index (χ0n) is 19.8. The van der Waals surface area contributed by atoms with Crippen molar-refractivity contribution in [3.63, 3.8) is 0 Å². The highest BCUT2D eigenvalue weighted by molar-refractivity contribution is 5.80. The van der Waals surface area contributed by atoms with Crippen LogP contribution >= 0.6 is 0 Å². The molecule has 2 aliphatic heterocycles. The van der Waals surface area contributed by atoms with Gasteiger partial charge in [0.25, 0.3) is 0 Å². The number of piperidine rings is 1. The molecule has 2 fully saturated rings. The van der Waals surface area contributed by atoms with Crippen LogP contribution < -0.4 is 0 Å². The van der Waals surface area contributed by atoms with E-state index >= 15 is 0 Å². The summed E-state index contributed by atoms with van der Waals surface area (Å²) in [5.41, 5.74) is 0.528. The molecule has 1 aromatic rings. The van der Waals surface area contributed by atoms with Crippen molar-refractivity contribution in [3.8, 4) is 0 Å². The third-order valence-electron chi connectivity index (χ3n) is 5.86. The Kier molecular flexibility index (Phi) is 8.87. The number of carbonyl (C=O) groups excluding carboxylic acids is 2. The lowest BCUT2D eigenvalue weighted by Gasteiger charge is -2.36. The van der Waals surface area contributed by atoms with Crippen molar-refractivity contribution >= 4 is 12.0 Å². The molecular formula is C24H38N4O4. The molecule has 0 radical (unpaired) electrons. The third kappa shape index (κ3) is 7.74. The molecule has 1 aromatic heterocycles. The molecule has 2 amide bonds. The monoisotopic (exact) mass is 446 g/mol. The highest BCUT2D eigenvalue weighted by Crippen LogP contribution is 2.22. The molecule has 0 aliphatic carbocycles. The Labute approximate surface area is 191 Å². The van der Waals surface area contributed by atoms with Gasteiger partial charge in [-0.15, -0.1) is 0 Å². The number of pyridine rings is 1. The topological polar surface area (TPSA) is 75.2 Å². The Balaban J connectivity index is 1.61. The van der Waals surface area contributed by atoms with Gasteiger partial charge in [0.2, 0.25) is 5.91 Å². The van der Waals surface area contributed by atoms with Crippen LogP contribution in [0.5, 0.6) is 0 Å². The Morgan fingerprint density at radius 3 is 2.59 bits per heavy atom. The first kappa shape index (κ1) is 24.5. The molecule has 3 heterocycles. The van der Waals surface area contributed by atoms with Crippen molar-refractivity contribution in [2.75, 3.05) is 52.5 Å². The van der Waals surface area contributed by atoms with Crippen LogP contribution in [0.2, 0.25) is 0 Å². The second-order valence-electron chi connectivity index (χ2n) is 9.69. The Morgan fingerprint density at radius 1 is 1.19 bits per heavy atom. The predicted molar refractivity (Wildman–Crippen MR) is 122 cm³/mol. The molecule has 1 unspecified atom stereocenters. The van der Waals surface area contributed by atoms with Gasteiger partial charge in [0.1, 0.15) is 5.60 Å². The summed E-state index contributed by atoms with van der Waals surface area (Å²) in [6, 6.07) is 3.91. The lowest BCUT2D eigenvalue weighted by Crippen LogP contribution is -2.48. The summed E-state index contributed by atoms with van der Waals surface area (Å²) in [6.07, 6.45) is 5.72. The average Bonchev–Trinajstić information content (AvgIpc) is 2.78. The van der Waals surface area contributed by atoms with Crippen molar-refractivity contribution < 1.29 is 19.1 Å². The maximum Gasteiger partial charge on any atom is 0.410 e. The summed E-state index contributed by atoms with van der Waals surface area (Å²) in [6.45, 7) is 12.3. The predicted octanol–water partition coefficient (Wildman–Crippen LogP) is 2.78. The number of amides is 2. The number of morpholine rings is 1. The number of aromatic nitrogens is 1. The lowest BCUT2D eigenvalue weighted by molar-refractivity contribution is -0.138. The molecule has 2 saturated heterocycles. The first-order valence-corrected chi connectivity index (χ1v) is 11.8. The zero-order chi connectivity index (χ0) is 23.0. The zero-order valence-corrected chi connectivity index (χ0v) is 19.8. The maximum absolute atomic E-state index is 13.5. The van der Waals surface area contributed by atoms with E-state index in [0.717, 1.165) is 57.7 Å². The van der Waals surface area contributed by atoms with Gasteiger partial charge in [-0.05, 0) is 57.7 Å². The summed E-state index contributed by atoms with van der Waals surface area (Å²) in [5, 5.41) is 0. The second-order valence-corrected chi connectivity index (χ2v) is 9.69. The van der Waals surface area contributed by atoms with Crippen molar-refractivity contribution in [3.05, 3.63) is 30.1 Å². The van der Waals surface area contributed by atoms with Crippen LogP contribution in [0.1, 0.15) is 45.6 Å².